The molecule has 0 unspecified atom stereocenters. The second-order valence-electron chi connectivity index (χ2n) is 5.31. The fourth-order valence-electron chi connectivity index (χ4n) is 2.27. The summed E-state index contributed by atoms with van der Waals surface area (Å²) in [7, 11) is 1.35. The van der Waals surface area contributed by atoms with E-state index in [4.69, 9.17) is 4.74 Å². The van der Waals surface area contributed by atoms with Gasteiger partial charge in [0, 0.05) is 0 Å². The van der Waals surface area contributed by atoms with E-state index in [0.717, 1.165) is 15.8 Å². The van der Waals surface area contributed by atoms with Crippen LogP contribution in [0, 0.1) is 0 Å². The number of ether oxygens (including phenoxy) is 2. The van der Waals surface area contributed by atoms with E-state index in [9.17, 15) is 9.90 Å². The van der Waals surface area contributed by atoms with Crippen LogP contribution in [0.15, 0.2) is 54.1 Å². The zero-order chi connectivity index (χ0) is 17.6. The van der Waals surface area contributed by atoms with Crippen molar-refractivity contribution in [2.24, 2.45) is 0 Å². The summed E-state index contributed by atoms with van der Waals surface area (Å²) in [6.45, 7) is 0.124. The highest BCUT2D eigenvalue weighted by atomic mass is 32.1. The lowest BCUT2D eigenvalue weighted by molar-refractivity contribution is 0.0600. The minimum atomic E-state index is -0.378. The highest BCUT2D eigenvalue weighted by Gasteiger charge is 2.07. The number of fused-ring (bicyclic) bond motifs is 1. The Balaban J connectivity index is 1.69. The maximum absolute atomic E-state index is 11.4. The highest BCUT2D eigenvalue weighted by Crippen LogP contribution is 2.27. The number of rotatable bonds is 6. The zero-order valence-corrected chi connectivity index (χ0v) is 14.5. The van der Waals surface area contributed by atoms with Crippen LogP contribution in [0.2, 0.25) is 0 Å². The molecule has 6 heteroatoms. The summed E-state index contributed by atoms with van der Waals surface area (Å²) in [6.07, 6.45) is 1.83. The normalized spacial score (nSPS) is 11.5. The van der Waals surface area contributed by atoms with Crippen LogP contribution in [0.5, 0.6) is 5.19 Å². The van der Waals surface area contributed by atoms with E-state index < -0.39 is 0 Å². The third-order valence-corrected chi connectivity index (χ3v) is 4.51. The smallest absolute Gasteiger partial charge is 0.337 e. The number of esters is 1. The number of carbonyl (C=O) groups is 1. The molecular weight excluding hydrogens is 338 g/mol. The summed E-state index contributed by atoms with van der Waals surface area (Å²) >= 11 is 1.47. The van der Waals surface area contributed by atoms with E-state index in [1.165, 1.54) is 18.4 Å². The number of aliphatic hydroxyl groups excluding tert-OH is 1. The lowest BCUT2D eigenvalue weighted by Crippen LogP contribution is -2.04. The van der Waals surface area contributed by atoms with Gasteiger partial charge in [0.2, 0.25) is 0 Å². The van der Waals surface area contributed by atoms with Crippen LogP contribution in [-0.2, 0) is 4.74 Å². The number of carbonyl (C=O) groups excluding carboxylic acids is 1. The van der Waals surface area contributed by atoms with Gasteiger partial charge in [-0.15, -0.1) is 0 Å². The first-order chi connectivity index (χ1) is 12.2. The Morgan fingerprint density at radius 2 is 1.96 bits per heavy atom. The molecule has 0 bridgehead atoms. The molecule has 0 amide bonds. The number of nitrogens with zero attached hydrogens (tertiary/aromatic N) is 1. The molecule has 0 saturated heterocycles. The van der Waals surface area contributed by atoms with Crippen molar-refractivity contribution >= 4 is 33.6 Å². The predicted octanol–water partition coefficient (Wildman–Crippen LogP) is 3.54. The van der Waals surface area contributed by atoms with E-state index in [0.29, 0.717) is 16.3 Å². The number of para-hydroxylation sites is 1. The topological polar surface area (TPSA) is 68.7 Å². The zero-order valence-electron chi connectivity index (χ0n) is 13.6. The molecule has 1 N–H and O–H groups in total. The fourth-order valence-corrected chi connectivity index (χ4v) is 3.08. The number of benzene rings is 2. The van der Waals surface area contributed by atoms with Crippen molar-refractivity contribution in [3.8, 4) is 5.19 Å². The highest BCUT2D eigenvalue weighted by molar-refractivity contribution is 7.20. The van der Waals surface area contributed by atoms with Crippen LogP contribution in [0.4, 0.5) is 0 Å². The summed E-state index contributed by atoms with van der Waals surface area (Å²) in [4.78, 5) is 15.8. The molecule has 3 aromatic rings. The molecule has 0 radical (unpaired) electrons. The summed E-state index contributed by atoms with van der Waals surface area (Å²) in [5, 5.41) is 10.1. The van der Waals surface area contributed by atoms with E-state index >= 15 is 0 Å². The average molecular weight is 355 g/mol. The van der Waals surface area contributed by atoms with Gasteiger partial charge in [0.15, 0.2) is 0 Å². The van der Waals surface area contributed by atoms with E-state index in [1.807, 2.05) is 30.3 Å². The predicted molar refractivity (Wildman–Crippen MR) is 98.0 cm³/mol. The Labute approximate surface area is 149 Å². The first-order valence-electron chi connectivity index (χ1n) is 7.66. The largest absolute Gasteiger partial charge is 0.465 e. The SMILES string of the molecule is COC(=O)c1ccc(C=C(CO)COc2nc3ccccc3s2)cc1. The Morgan fingerprint density at radius 3 is 2.64 bits per heavy atom. The molecule has 0 aliphatic rings. The molecule has 0 spiro atoms. The minimum absolute atomic E-state index is 0.121. The Hall–Kier alpha value is -2.70. The lowest BCUT2D eigenvalue weighted by atomic mass is 10.1. The van der Waals surface area contributed by atoms with Gasteiger partial charge in [0.25, 0.3) is 5.19 Å². The number of aromatic nitrogens is 1. The van der Waals surface area contributed by atoms with E-state index in [-0.39, 0.29) is 19.2 Å². The number of methoxy groups -OCH3 is 1. The van der Waals surface area contributed by atoms with Gasteiger partial charge in [-0.3, -0.25) is 0 Å². The quantitative estimate of drug-likeness (QED) is 0.685. The van der Waals surface area contributed by atoms with Crippen LogP contribution < -0.4 is 4.74 Å². The van der Waals surface area contributed by atoms with Crippen LogP contribution in [0.3, 0.4) is 0 Å². The summed E-state index contributed by atoms with van der Waals surface area (Å²) in [6, 6.07) is 14.8. The van der Waals surface area contributed by atoms with Gasteiger partial charge in [-0.1, -0.05) is 41.7 Å². The van der Waals surface area contributed by atoms with Crippen molar-refractivity contribution < 1.29 is 19.4 Å². The molecule has 25 heavy (non-hydrogen) atoms. The molecule has 1 aromatic heterocycles. The molecule has 2 aromatic carbocycles. The van der Waals surface area contributed by atoms with Crippen molar-refractivity contribution in [3.05, 3.63) is 65.2 Å². The van der Waals surface area contributed by atoms with Gasteiger partial charge in [-0.05, 0) is 35.4 Å². The number of thiazole rings is 1. The molecule has 0 aliphatic heterocycles. The second-order valence-corrected chi connectivity index (χ2v) is 6.30. The standard InChI is InChI=1S/C19H17NO4S/c1-23-18(22)15-8-6-13(7-9-15)10-14(11-21)12-24-19-20-16-4-2-3-5-17(16)25-19/h2-10,21H,11-12H2,1H3. The van der Waals surface area contributed by atoms with Crippen molar-refractivity contribution in [1.29, 1.82) is 0 Å². The van der Waals surface area contributed by atoms with E-state index in [2.05, 4.69) is 9.72 Å². The third kappa shape index (κ3) is 4.23. The molecule has 5 nitrogen and oxygen atoms in total. The monoisotopic (exact) mass is 355 g/mol. The van der Waals surface area contributed by atoms with Crippen molar-refractivity contribution in [2.75, 3.05) is 20.3 Å². The minimum Gasteiger partial charge on any atom is -0.465 e. The number of aliphatic hydroxyl groups is 1. The maximum atomic E-state index is 11.4. The second kappa shape index (κ2) is 7.92. The Bertz CT molecular complexity index is 866. The molecule has 3 rings (SSSR count). The molecule has 1 heterocycles. The van der Waals surface area contributed by atoms with Gasteiger partial charge in [-0.2, -0.15) is 0 Å². The van der Waals surface area contributed by atoms with E-state index in [1.54, 1.807) is 24.3 Å². The van der Waals surface area contributed by atoms with Crippen molar-refractivity contribution in [2.45, 2.75) is 0 Å². The molecular formula is C19H17NO4S. The summed E-state index contributed by atoms with van der Waals surface area (Å²) in [5.41, 5.74) is 2.96. The van der Waals surface area contributed by atoms with Crippen molar-refractivity contribution in [3.63, 3.8) is 0 Å². The maximum Gasteiger partial charge on any atom is 0.337 e. The summed E-state index contributed by atoms with van der Waals surface area (Å²) < 4.78 is 11.4. The fraction of sp³-hybridized carbons (Fsp3) is 0.158. The first kappa shape index (κ1) is 17.1. The average Bonchev–Trinajstić information content (AvgIpc) is 3.08. The first-order valence-corrected chi connectivity index (χ1v) is 8.48. The number of hydrogen-bond acceptors (Lipinski definition) is 6. The van der Waals surface area contributed by atoms with Crippen LogP contribution in [0.25, 0.3) is 16.3 Å². The van der Waals surface area contributed by atoms with Crippen LogP contribution >= 0.6 is 11.3 Å². The molecule has 128 valence electrons. The lowest BCUT2D eigenvalue weighted by Gasteiger charge is -2.06. The van der Waals surface area contributed by atoms with Gasteiger partial charge in [-0.25, -0.2) is 9.78 Å². The van der Waals surface area contributed by atoms with Gasteiger partial charge in [0.1, 0.15) is 6.61 Å². The van der Waals surface area contributed by atoms with Crippen LogP contribution in [0.1, 0.15) is 15.9 Å². The molecule has 0 atom stereocenters. The molecule has 0 fully saturated rings. The van der Waals surface area contributed by atoms with Gasteiger partial charge >= 0.3 is 5.97 Å². The molecule has 0 aliphatic carbocycles. The Morgan fingerprint density at radius 1 is 1.20 bits per heavy atom. The van der Waals surface area contributed by atoms with Crippen molar-refractivity contribution in [1.82, 2.24) is 4.98 Å². The third-order valence-electron chi connectivity index (χ3n) is 3.56. The molecule has 0 saturated carbocycles. The summed E-state index contributed by atoms with van der Waals surface area (Å²) in [5.74, 6) is -0.378. The number of hydrogen-bond donors (Lipinski definition) is 1. The van der Waals surface area contributed by atoms with Gasteiger partial charge in [0.05, 0.1) is 29.5 Å². The van der Waals surface area contributed by atoms with Crippen LogP contribution in [-0.4, -0.2) is 36.4 Å². The van der Waals surface area contributed by atoms with Gasteiger partial charge < -0.3 is 14.6 Å². The Kier molecular flexibility index (Phi) is 5.42.